The number of nitrogens with one attached hydrogen (secondary N) is 1. The number of amides is 1. The first-order chi connectivity index (χ1) is 15.4. The number of H-pyrrole nitrogens is 1. The molecule has 7 nitrogen and oxygen atoms in total. The van der Waals surface area contributed by atoms with Crippen molar-refractivity contribution in [2.45, 2.75) is 45.2 Å². The molecule has 3 heterocycles. The molecule has 2 aromatic heterocycles. The van der Waals surface area contributed by atoms with Crippen molar-refractivity contribution in [2.24, 2.45) is 0 Å². The molecule has 3 aromatic rings. The van der Waals surface area contributed by atoms with Crippen LogP contribution < -0.4 is 15.0 Å². The molecule has 0 aliphatic carbocycles. The molecule has 0 spiro atoms. The number of aromatic nitrogens is 2. The van der Waals surface area contributed by atoms with E-state index >= 15 is 0 Å². The minimum absolute atomic E-state index is 0.0399. The summed E-state index contributed by atoms with van der Waals surface area (Å²) < 4.78 is 11.4. The zero-order valence-corrected chi connectivity index (χ0v) is 20.3. The Morgan fingerprint density at radius 2 is 2.09 bits per heavy atom. The first-order valence-corrected chi connectivity index (χ1v) is 12.5. The Hall–Kier alpha value is -2.52. The van der Waals surface area contributed by atoms with Crippen LogP contribution in [0.1, 0.15) is 35.7 Å². The molecular formula is C23H27N3O4S2. The van der Waals surface area contributed by atoms with Crippen molar-refractivity contribution in [1.29, 1.82) is 0 Å². The van der Waals surface area contributed by atoms with E-state index in [1.807, 2.05) is 50.8 Å². The molecule has 0 bridgehead atoms. The fourth-order valence-electron chi connectivity index (χ4n) is 3.71. The summed E-state index contributed by atoms with van der Waals surface area (Å²) in [7, 11) is 0. The summed E-state index contributed by atoms with van der Waals surface area (Å²) in [6.45, 7) is 9.90. The topological polar surface area (TPSA) is 84.5 Å². The first-order valence-electron chi connectivity index (χ1n) is 10.7. The van der Waals surface area contributed by atoms with Crippen molar-refractivity contribution in [3.63, 3.8) is 0 Å². The van der Waals surface area contributed by atoms with Gasteiger partial charge in [-0.05, 0) is 39.3 Å². The Balaban J connectivity index is 1.44. The number of carbonyl (C=O) groups excluding carboxylic acids is 1. The first kappa shape index (κ1) is 22.7. The molecule has 1 amide bonds. The van der Waals surface area contributed by atoms with Gasteiger partial charge in [0, 0.05) is 23.5 Å². The smallest absolute Gasteiger partial charge is 0.259 e. The van der Waals surface area contributed by atoms with Gasteiger partial charge < -0.3 is 19.4 Å². The lowest BCUT2D eigenvalue weighted by atomic mass is 10.1. The summed E-state index contributed by atoms with van der Waals surface area (Å²) in [5.74, 6) is 2.55. The fraction of sp³-hybridized carbons (Fsp3) is 0.435. The number of para-hydroxylation sites is 1. The maximum Gasteiger partial charge on any atom is 0.259 e. The normalized spacial score (nSPS) is 13.9. The summed E-state index contributed by atoms with van der Waals surface area (Å²) in [6.07, 6.45) is 0. The largest absolute Gasteiger partial charge is 0.486 e. The van der Waals surface area contributed by atoms with Crippen LogP contribution >= 0.6 is 23.1 Å². The number of ether oxygens (including phenoxy) is 2. The second-order valence-electron chi connectivity index (χ2n) is 7.72. The van der Waals surface area contributed by atoms with E-state index in [1.54, 1.807) is 0 Å². The number of aromatic amines is 1. The second-order valence-corrected chi connectivity index (χ2v) is 10.3. The van der Waals surface area contributed by atoms with E-state index in [0.29, 0.717) is 43.3 Å². The van der Waals surface area contributed by atoms with Crippen LogP contribution in [0.25, 0.3) is 10.2 Å². The van der Waals surface area contributed by atoms with Gasteiger partial charge in [-0.15, -0.1) is 23.1 Å². The van der Waals surface area contributed by atoms with Gasteiger partial charge in [0.15, 0.2) is 11.5 Å². The van der Waals surface area contributed by atoms with Gasteiger partial charge in [0.1, 0.15) is 23.9 Å². The van der Waals surface area contributed by atoms with Gasteiger partial charge >= 0.3 is 0 Å². The van der Waals surface area contributed by atoms with E-state index in [-0.39, 0.29) is 16.7 Å². The van der Waals surface area contributed by atoms with Gasteiger partial charge in [0.05, 0.1) is 16.4 Å². The summed E-state index contributed by atoms with van der Waals surface area (Å²) in [5, 5.41) is 0.388. The third-order valence-electron chi connectivity index (χ3n) is 5.61. The van der Waals surface area contributed by atoms with E-state index in [9.17, 15) is 9.59 Å². The highest BCUT2D eigenvalue weighted by Crippen LogP contribution is 2.34. The average molecular weight is 474 g/mol. The number of fused-ring (bicyclic) bond motifs is 2. The maximum atomic E-state index is 13.1. The molecule has 1 atom stereocenters. The molecule has 1 aliphatic rings. The molecular weight excluding hydrogens is 446 g/mol. The number of hydrogen-bond donors (Lipinski definition) is 1. The number of benzene rings is 1. The third-order valence-corrected chi connectivity index (χ3v) is 7.85. The molecule has 32 heavy (non-hydrogen) atoms. The number of thioether (sulfide) groups is 1. The van der Waals surface area contributed by atoms with Gasteiger partial charge in [0.25, 0.3) is 5.56 Å². The van der Waals surface area contributed by atoms with Crippen LogP contribution in [-0.2, 0) is 17.1 Å². The van der Waals surface area contributed by atoms with Crippen molar-refractivity contribution in [3.05, 3.63) is 50.4 Å². The van der Waals surface area contributed by atoms with Crippen LogP contribution in [-0.4, -0.2) is 45.8 Å². The molecule has 1 unspecified atom stereocenters. The summed E-state index contributed by atoms with van der Waals surface area (Å²) in [4.78, 5) is 36.8. The number of thiophene rings is 1. The average Bonchev–Trinajstić information content (AvgIpc) is 3.09. The van der Waals surface area contributed by atoms with Crippen molar-refractivity contribution >= 4 is 39.2 Å². The zero-order chi connectivity index (χ0) is 22.8. The van der Waals surface area contributed by atoms with Crippen LogP contribution in [0.5, 0.6) is 11.5 Å². The van der Waals surface area contributed by atoms with Gasteiger partial charge in [-0.25, -0.2) is 4.98 Å². The molecule has 1 aliphatic heterocycles. The van der Waals surface area contributed by atoms with Crippen LogP contribution in [0.15, 0.2) is 23.0 Å². The predicted molar refractivity (Wildman–Crippen MR) is 129 cm³/mol. The quantitative estimate of drug-likeness (QED) is 0.557. The highest BCUT2D eigenvalue weighted by atomic mass is 32.2. The molecule has 0 radical (unpaired) electrons. The lowest BCUT2D eigenvalue weighted by molar-refractivity contribution is -0.130. The minimum atomic E-state index is -0.278. The number of nitrogens with zero attached hydrogens (tertiary/aromatic N) is 2. The maximum absolute atomic E-state index is 13.1. The van der Waals surface area contributed by atoms with Crippen LogP contribution in [0, 0.1) is 13.8 Å². The van der Waals surface area contributed by atoms with Crippen LogP contribution in [0.3, 0.4) is 0 Å². The van der Waals surface area contributed by atoms with Crippen LogP contribution in [0.4, 0.5) is 0 Å². The summed E-state index contributed by atoms with van der Waals surface area (Å²) >= 11 is 3.00. The van der Waals surface area contributed by atoms with E-state index in [2.05, 4.69) is 9.97 Å². The highest BCUT2D eigenvalue weighted by Gasteiger charge is 2.24. The van der Waals surface area contributed by atoms with Crippen molar-refractivity contribution < 1.29 is 14.3 Å². The van der Waals surface area contributed by atoms with E-state index in [1.165, 1.54) is 23.1 Å². The molecule has 170 valence electrons. The molecule has 4 rings (SSSR count). The Morgan fingerprint density at radius 1 is 1.31 bits per heavy atom. The van der Waals surface area contributed by atoms with Gasteiger partial charge in [-0.2, -0.15) is 0 Å². The Kier molecular flexibility index (Phi) is 6.76. The van der Waals surface area contributed by atoms with Gasteiger partial charge in [-0.3, -0.25) is 9.59 Å². The Labute approximate surface area is 195 Å². The highest BCUT2D eigenvalue weighted by molar-refractivity contribution is 7.99. The third kappa shape index (κ3) is 4.49. The van der Waals surface area contributed by atoms with E-state index in [4.69, 9.17) is 9.47 Å². The number of aryl methyl sites for hydroxylation is 2. The van der Waals surface area contributed by atoms with Crippen molar-refractivity contribution in [2.75, 3.05) is 19.8 Å². The summed E-state index contributed by atoms with van der Waals surface area (Å²) in [5.41, 5.74) is 1.81. The lowest BCUT2D eigenvalue weighted by Gasteiger charge is -2.27. The molecule has 0 fully saturated rings. The standard InChI is InChI=1S/C23H27N3O4S2/c1-5-26(11-16-7-6-8-17-20(16)30-10-9-29-17)23(28)15(4)31-12-18-24-21(27)19-13(2)14(3)32-22(19)25-18/h6-8,15H,5,9-12H2,1-4H3,(H,24,25,27). The van der Waals surface area contributed by atoms with Crippen molar-refractivity contribution in [1.82, 2.24) is 14.9 Å². The fourth-order valence-corrected chi connectivity index (χ4v) is 5.59. The van der Waals surface area contributed by atoms with Crippen molar-refractivity contribution in [3.8, 4) is 11.5 Å². The number of rotatable bonds is 7. The molecule has 1 aromatic carbocycles. The second kappa shape index (κ2) is 9.54. The summed E-state index contributed by atoms with van der Waals surface area (Å²) in [6, 6.07) is 5.78. The molecule has 9 heteroatoms. The monoisotopic (exact) mass is 473 g/mol. The number of hydrogen-bond acceptors (Lipinski definition) is 7. The van der Waals surface area contributed by atoms with E-state index in [0.717, 1.165) is 32.3 Å². The number of carbonyl (C=O) groups is 1. The Bertz CT molecular complexity index is 1200. The Morgan fingerprint density at radius 3 is 2.88 bits per heavy atom. The SMILES string of the molecule is CCN(Cc1cccc2c1OCCO2)C(=O)C(C)SCc1nc2sc(C)c(C)c2c(=O)[nH]1. The van der Waals surface area contributed by atoms with Crippen LogP contribution in [0.2, 0.25) is 0 Å². The molecule has 0 saturated carbocycles. The van der Waals surface area contributed by atoms with E-state index < -0.39 is 0 Å². The zero-order valence-electron chi connectivity index (χ0n) is 18.7. The van der Waals surface area contributed by atoms with Gasteiger partial charge in [0.2, 0.25) is 5.91 Å². The predicted octanol–water partition coefficient (Wildman–Crippen LogP) is 4.04. The molecule has 1 N–H and O–H groups in total. The van der Waals surface area contributed by atoms with Gasteiger partial charge in [-0.1, -0.05) is 12.1 Å². The molecule has 0 saturated heterocycles. The lowest BCUT2D eigenvalue weighted by Crippen LogP contribution is -2.36. The minimum Gasteiger partial charge on any atom is -0.486 e.